The van der Waals surface area contributed by atoms with Crippen molar-refractivity contribution in [2.45, 2.75) is 0 Å². The van der Waals surface area contributed by atoms with Crippen LogP contribution in [0.2, 0.25) is 10.0 Å². The van der Waals surface area contributed by atoms with E-state index in [9.17, 15) is 0 Å². The summed E-state index contributed by atoms with van der Waals surface area (Å²) in [6.07, 6.45) is 1.47. The molecule has 0 unspecified atom stereocenters. The van der Waals surface area contributed by atoms with Crippen molar-refractivity contribution < 1.29 is 4.52 Å². The quantitative estimate of drug-likeness (QED) is 0.816. The van der Waals surface area contributed by atoms with Gasteiger partial charge in [-0.3, -0.25) is 0 Å². The van der Waals surface area contributed by atoms with E-state index in [1.165, 1.54) is 6.26 Å². The van der Waals surface area contributed by atoms with Crippen LogP contribution in [0, 0.1) is 0 Å². The van der Waals surface area contributed by atoms with Gasteiger partial charge in [0.1, 0.15) is 6.26 Å². The molecule has 2 rings (SSSR count). The monoisotopic (exact) mass is 228 g/mol. The van der Waals surface area contributed by atoms with E-state index in [0.717, 1.165) is 5.56 Å². The first-order chi connectivity index (χ1) is 6.68. The highest BCUT2D eigenvalue weighted by Gasteiger charge is 2.08. The molecule has 2 N–H and O–H groups in total. The second-order valence-electron chi connectivity index (χ2n) is 2.74. The van der Waals surface area contributed by atoms with Crippen LogP contribution in [-0.2, 0) is 0 Å². The lowest BCUT2D eigenvalue weighted by Gasteiger charge is -2.00. The maximum absolute atomic E-state index is 5.86. The highest BCUT2D eigenvalue weighted by molar-refractivity contribution is 6.42. The number of nitrogens with two attached hydrogens (primary N) is 1. The van der Waals surface area contributed by atoms with E-state index in [1.54, 1.807) is 18.2 Å². The van der Waals surface area contributed by atoms with Crippen LogP contribution in [-0.4, -0.2) is 5.16 Å². The molecule has 0 atom stereocenters. The molecule has 1 aromatic carbocycles. The number of hydrogen-bond donors (Lipinski definition) is 1. The third kappa shape index (κ3) is 1.56. The SMILES string of the molecule is Nc1nocc1-c1ccc(Cl)c(Cl)c1. The smallest absolute Gasteiger partial charge is 0.174 e. The van der Waals surface area contributed by atoms with Crippen molar-refractivity contribution in [3.05, 3.63) is 34.5 Å². The summed E-state index contributed by atoms with van der Waals surface area (Å²) in [4.78, 5) is 0. The average Bonchev–Trinajstić information content (AvgIpc) is 2.57. The molecule has 0 amide bonds. The molecule has 0 radical (unpaired) electrons. The van der Waals surface area contributed by atoms with E-state index in [0.29, 0.717) is 21.4 Å². The Labute approximate surface area is 90.4 Å². The van der Waals surface area contributed by atoms with Crippen LogP contribution in [0.4, 0.5) is 5.82 Å². The maximum Gasteiger partial charge on any atom is 0.174 e. The van der Waals surface area contributed by atoms with E-state index >= 15 is 0 Å². The van der Waals surface area contributed by atoms with Gasteiger partial charge in [0, 0.05) is 0 Å². The number of nitrogen functional groups attached to an aromatic ring is 1. The second-order valence-corrected chi connectivity index (χ2v) is 3.56. The first-order valence-corrected chi connectivity index (χ1v) is 4.59. The molecule has 0 aliphatic carbocycles. The molecule has 2 aromatic rings. The maximum atomic E-state index is 5.86. The molecular formula is C9H6Cl2N2O. The molecule has 0 bridgehead atoms. The molecular weight excluding hydrogens is 223 g/mol. The first kappa shape index (κ1) is 9.37. The Kier molecular flexibility index (Phi) is 2.35. The molecule has 1 heterocycles. The van der Waals surface area contributed by atoms with Crippen molar-refractivity contribution >= 4 is 29.0 Å². The zero-order valence-electron chi connectivity index (χ0n) is 7.00. The van der Waals surface area contributed by atoms with Crippen molar-refractivity contribution in [2.75, 3.05) is 5.73 Å². The fourth-order valence-corrected chi connectivity index (χ4v) is 1.42. The number of benzene rings is 1. The standard InChI is InChI=1S/C9H6Cl2N2O/c10-7-2-1-5(3-8(7)11)6-4-14-13-9(6)12/h1-4H,(H2,12,13). The Hall–Kier alpha value is -1.19. The van der Waals surface area contributed by atoms with Crippen molar-refractivity contribution in [1.82, 2.24) is 5.16 Å². The Morgan fingerprint density at radius 1 is 1.21 bits per heavy atom. The zero-order chi connectivity index (χ0) is 10.1. The molecule has 0 saturated carbocycles. The third-order valence-electron chi connectivity index (χ3n) is 1.83. The summed E-state index contributed by atoms with van der Waals surface area (Å²) in [5.41, 5.74) is 7.12. The van der Waals surface area contributed by atoms with Gasteiger partial charge in [0.2, 0.25) is 0 Å². The summed E-state index contributed by atoms with van der Waals surface area (Å²) >= 11 is 11.6. The van der Waals surface area contributed by atoms with Gasteiger partial charge in [0.05, 0.1) is 15.6 Å². The molecule has 72 valence electrons. The number of hydrogen-bond acceptors (Lipinski definition) is 3. The van der Waals surface area contributed by atoms with Gasteiger partial charge in [0.25, 0.3) is 0 Å². The molecule has 0 saturated heterocycles. The Bertz CT molecular complexity index is 468. The minimum atomic E-state index is 0.336. The van der Waals surface area contributed by atoms with Crippen LogP contribution in [0.1, 0.15) is 0 Å². The number of nitrogens with zero attached hydrogens (tertiary/aromatic N) is 1. The molecule has 0 fully saturated rings. The average molecular weight is 229 g/mol. The molecule has 3 nitrogen and oxygen atoms in total. The van der Waals surface area contributed by atoms with Crippen molar-refractivity contribution in [3.63, 3.8) is 0 Å². The second kappa shape index (κ2) is 3.52. The van der Waals surface area contributed by atoms with E-state index in [4.69, 9.17) is 33.5 Å². The third-order valence-corrected chi connectivity index (χ3v) is 2.57. The zero-order valence-corrected chi connectivity index (χ0v) is 8.51. The van der Waals surface area contributed by atoms with Gasteiger partial charge in [-0.1, -0.05) is 34.4 Å². The van der Waals surface area contributed by atoms with Gasteiger partial charge in [-0.05, 0) is 17.7 Å². The summed E-state index contributed by atoms with van der Waals surface area (Å²) in [5, 5.41) is 4.55. The minimum absolute atomic E-state index is 0.336. The normalized spacial score (nSPS) is 10.4. The fraction of sp³-hybridized carbons (Fsp3) is 0. The Balaban J connectivity index is 2.53. The van der Waals surface area contributed by atoms with Gasteiger partial charge in [0.15, 0.2) is 5.82 Å². The molecule has 1 aromatic heterocycles. The van der Waals surface area contributed by atoms with Gasteiger partial charge in [-0.15, -0.1) is 0 Å². The van der Waals surface area contributed by atoms with Crippen LogP contribution < -0.4 is 5.73 Å². The van der Waals surface area contributed by atoms with Crippen LogP contribution in [0.15, 0.2) is 29.0 Å². The lowest BCUT2D eigenvalue weighted by molar-refractivity contribution is 0.423. The van der Waals surface area contributed by atoms with Crippen molar-refractivity contribution in [2.24, 2.45) is 0 Å². The van der Waals surface area contributed by atoms with Crippen LogP contribution in [0.25, 0.3) is 11.1 Å². The topological polar surface area (TPSA) is 52.0 Å². The molecule has 14 heavy (non-hydrogen) atoms. The number of rotatable bonds is 1. The van der Waals surface area contributed by atoms with Crippen molar-refractivity contribution in [3.8, 4) is 11.1 Å². The highest BCUT2D eigenvalue weighted by Crippen LogP contribution is 2.30. The van der Waals surface area contributed by atoms with Gasteiger partial charge in [-0.2, -0.15) is 0 Å². The van der Waals surface area contributed by atoms with Crippen LogP contribution >= 0.6 is 23.2 Å². The minimum Gasteiger partial charge on any atom is -0.380 e. The summed E-state index contributed by atoms with van der Waals surface area (Å²) in [7, 11) is 0. The molecule has 5 heteroatoms. The largest absolute Gasteiger partial charge is 0.380 e. The summed E-state index contributed by atoms with van der Waals surface area (Å²) in [6, 6.07) is 5.22. The summed E-state index contributed by atoms with van der Waals surface area (Å²) < 4.78 is 4.72. The van der Waals surface area contributed by atoms with Gasteiger partial charge < -0.3 is 10.3 Å². The number of anilines is 1. The fourth-order valence-electron chi connectivity index (χ4n) is 1.12. The lowest BCUT2D eigenvalue weighted by atomic mass is 10.1. The van der Waals surface area contributed by atoms with E-state index < -0.39 is 0 Å². The summed E-state index contributed by atoms with van der Waals surface area (Å²) in [5.74, 6) is 0.336. The molecule has 0 spiro atoms. The van der Waals surface area contributed by atoms with Crippen LogP contribution in [0.5, 0.6) is 0 Å². The lowest BCUT2D eigenvalue weighted by Crippen LogP contribution is -1.87. The van der Waals surface area contributed by atoms with E-state index in [1.807, 2.05) is 0 Å². The van der Waals surface area contributed by atoms with Crippen LogP contribution in [0.3, 0.4) is 0 Å². The summed E-state index contributed by atoms with van der Waals surface area (Å²) in [6.45, 7) is 0. The van der Waals surface area contributed by atoms with Crippen molar-refractivity contribution in [1.29, 1.82) is 0 Å². The Morgan fingerprint density at radius 3 is 2.57 bits per heavy atom. The van der Waals surface area contributed by atoms with E-state index in [2.05, 4.69) is 5.16 Å². The van der Waals surface area contributed by atoms with Gasteiger partial charge >= 0.3 is 0 Å². The highest BCUT2D eigenvalue weighted by atomic mass is 35.5. The Morgan fingerprint density at radius 2 is 2.00 bits per heavy atom. The number of halogens is 2. The predicted molar refractivity (Wildman–Crippen MR) is 56.4 cm³/mol. The van der Waals surface area contributed by atoms with Gasteiger partial charge in [-0.25, -0.2) is 0 Å². The first-order valence-electron chi connectivity index (χ1n) is 3.84. The molecule has 0 aliphatic rings. The van der Waals surface area contributed by atoms with E-state index in [-0.39, 0.29) is 0 Å². The molecule has 0 aliphatic heterocycles. The predicted octanol–water partition coefficient (Wildman–Crippen LogP) is 3.23. The number of aromatic nitrogens is 1.